The number of benzene rings is 2. The summed E-state index contributed by atoms with van der Waals surface area (Å²) in [6.45, 7) is 0.380. The van der Waals surface area contributed by atoms with Crippen molar-refractivity contribution < 1.29 is 13.2 Å². The standard InChI is InChI=1S/C19H16N2O3S/c22-25(23)14-13-21-12-4-7-18(19(21)20-25)24-17-10-8-16(9-11-17)15-5-2-1-3-6-15/h1-12H,13-14H2. The zero-order valence-electron chi connectivity index (χ0n) is 13.4. The lowest BCUT2D eigenvalue weighted by Gasteiger charge is -2.28. The van der Waals surface area contributed by atoms with Crippen LogP contribution in [0, 0.1) is 0 Å². The fourth-order valence-electron chi connectivity index (χ4n) is 2.74. The van der Waals surface area contributed by atoms with Gasteiger partial charge in [0.05, 0.1) is 5.75 Å². The number of fused-ring (bicyclic) bond motifs is 1. The Bertz CT molecular complexity index is 975. The highest BCUT2D eigenvalue weighted by Gasteiger charge is 2.28. The number of hydrogen-bond acceptors (Lipinski definition) is 4. The molecular weight excluding hydrogens is 336 g/mol. The molecule has 2 aliphatic rings. The third kappa shape index (κ3) is 3.34. The molecule has 25 heavy (non-hydrogen) atoms. The number of allylic oxidation sites excluding steroid dienone is 2. The third-order valence-corrected chi connectivity index (χ3v) is 5.16. The van der Waals surface area contributed by atoms with Gasteiger partial charge in [0.1, 0.15) is 5.75 Å². The minimum absolute atomic E-state index is 0.0138. The summed E-state index contributed by atoms with van der Waals surface area (Å²) in [6.07, 6.45) is 5.35. The predicted molar refractivity (Wildman–Crippen MR) is 97.7 cm³/mol. The lowest BCUT2D eigenvalue weighted by Crippen LogP contribution is -2.39. The summed E-state index contributed by atoms with van der Waals surface area (Å²) in [5.74, 6) is 1.41. The Morgan fingerprint density at radius 3 is 2.44 bits per heavy atom. The van der Waals surface area contributed by atoms with Crippen molar-refractivity contribution in [3.8, 4) is 16.9 Å². The molecule has 0 radical (unpaired) electrons. The lowest BCUT2D eigenvalue weighted by molar-refractivity contribution is 0.428. The Morgan fingerprint density at radius 1 is 0.960 bits per heavy atom. The molecule has 2 aromatic carbocycles. The molecule has 126 valence electrons. The fourth-order valence-corrected chi connectivity index (χ4v) is 3.72. The first-order valence-corrected chi connectivity index (χ1v) is 9.53. The van der Waals surface area contributed by atoms with Crippen LogP contribution in [0.15, 0.2) is 83.1 Å². The summed E-state index contributed by atoms with van der Waals surface area (Å²) >= 11 is 0. The van der Waals surface area contributed by atoms with Crippen molar-refractivity contribution in [2.45, 2.75) is 0 Å². The zero-order valence-corrected chi connectivity index (χ0v) is 14.2. The lowest BCUT2D eigenvalue weighted by atomic mass is 10.1. The minimum Gasteiger partial charge on any atom is -0.453 e. The van der Waals surface area contributed by atoms with E-state index in [2.05, 4.69) is 4.40 Å². The van der Waals surface area contributed by atoms with Gasteiger partial charge in [0.25, 0.3) is 10.0 Å². The molecule has 4 rings (SSSR count). The smallest absolute Gasteiger partial charge is 0.256 e. The van der Waals surface area contributed by atoms with E-state index in [0.717, 1.165) is 11.1 Å². The highest BCUT2D eigenvalue weighted by Crippen LogP contribution is 2.25. The third-order valence-electron chi connectivity index (χ3n) is 4.01. The van der Waals surface area contributed by atoms with Crippen LogP contribution in [0.4, 0.5) is 0 Å². The SMILES string of the molecule is O=S1(=O)CCN2C=CC=C(Oc3ccc(-c4ccccc4)cc3)C2=N1. The van der Waals surface area contributed by atoms with Crippen molar-refractivity contribution in [1.29, 1.82) is 0 Å². The van der Waals surface area contributed by atoms with Crippen LogP contribution in [0.3, 0.4) is 0 Å². The molecule has 0 aliphatic carbocycles. The summed E-state index contributed by atoms with van der Waals surface area (Å²) in [6, 6.07) is 17.7. The van der Waals surface area contributed by atoms with Crippen molar-refractivity contribution in [3.05, 3.63) is 78.7 Å². The van der Waals surface area contributed by atoms with Gasteiger partial charge < -0.3 is 9.64 Å². The van der Waals surface area contributed by atoms with Gasteiger partial charge in [-0.1, -0.05) is 42.5 Å². The largest absolute Gasteiger partial charge is 0.453 e. The van der Waals surface area contributed by atoms with Crippen molar-refractivity contribution >= 4 is 15.9 Å². The average Bonchev–Trinajstić information content (AvgIpc) is 2.63. The van der Waals surface area contributed by atoms with E-state index in [1.54, 1.807) is 17.2 Å². The van der Waals surface area contributed by atoms with Gasteiger partial charge in [-0.05, 0) is 35.4 Å². The molecule has 6 heteroatoms. The maximum Gasteiger partial charge on any atom is 0.256 e. The van der Waals surface area contributed by atoms with E-state index in [1.165, 1.54) is 0 Å². The maximum atomic E-state index is 11.8. The second kappa shape index (κ2) is 6.22. The first-order valence-electron chi connectivity index (χ1n) is 7.92. The van der Waals surface area contributed by atoms with Crippen LogP contribution >= 0.6 is 0 Å². The van der Waals surface area contributed by atoms with Crippen LogP contribution in [0.5, 0.6) is 5.75 Å². The summed E-state index contributed by atoms with van der Waals surface area (Å²) in [5, 5.41) is 0. The van der Waals surface area contributed by atoms with Crippen molar-refractivity contribution in [1.82, 2.24) is 4.90 Å². The van der Waals surface area contributed by atoms with Gasteiger partial charge in [0, 0.05) is 12.7 Å². The summed E-state index contributed by atoms with van der Waals surface area (Å²) < 4.78 is 33.3. The Labute approximate surface area is 146 Å². The van der Waals surface area contributed by atoms with Gasteiger partial charge in [-0.15, -0.1) is 4.40 Å². The van der Waals surface area contributed by atoms with E-state index in [0.29, 0.717) is 23.9 Å². The minimum atomic E-state index is -3.43. The highest BCUT2D eigenvalue weighted by molar-refractivity contribution is 7.90. The second-order valence-electron chi connectivity index (χ2n) is 5.76. The van der Waals surface area contributed by atoms with Crippen LogP contribution in [-0.4, -0.2) is 31.5 Å². The molecule has 0 N–H and O–H groups in total. The van der Waals surface area contributed by atoms with Gasteiger partial charge >= 0.3 is 0 Å². The van der Waals surface area contributed by atoms with Crippen LogP contribution in [0.25, 0.3) is 11.1 Å². The first-order chi connectivity index (χ1) is 12.1. The van der Waals surface area contributed by atoms with Crippen molar-refractivity contribution in [3.63, 3.8) is 0 Å². The Kier molecular flexibility index (Phi) is 3.89. The van der Waals surface area contributed by atoms with Crippen LogP contribution in [-0.2, 0) is 10.0 Å². The molecule has 0 atom stereocenters. The van der Waals surface area contributed by atoms with E-state index < -0.39 is 10.0 Å². The molecule has 0 spiro atoms. The average molecular weight is 352 g/mol. The molecule has 0 unspecified atom stereocenters. The second-order valence-corrected chi connectivity index (χ2v) is 7.51. The van der Waals surface area contributed by atoms with Crippen LogP contribution in [0.2, 0.25) is 0 Å². The van der Waals surface area contributed by atoms with E-state index in [9.17, 15) is 8.42 Å². The Morgan fingerprint density at radius 2 is 1.68 bits per heavy atom. The van der Waals surface area contributed by atoms with Gasteiger partial charge in [0.15, 0.2) is 11.6 Å². The van der Waals surface area contributed by atoms with Crippen LogP contribution < -0.4 is 4.74 Å². The van der Waals surface area contributed by atoms with Gasteiger partial charge in [0.2, 0.25) is 0 Å². The first kappa shape index (κ1) is 15.7. The Balaban J connectivity index is 1.59. The zero-order chi connectivity index (χ0) is 17.3. The molecule has 0 amide bonds. The summed E-state index contributed by atoms with van der Waals surface area (Å²) in [4.78, 5) is 1.79. The number of sulfonamides is 1. The molecule has 0 saturated carbocycles. The molecule has 2 heterocycles. The maximum absolute atomic E-state index is 11.8. The highest BCUT2D eigenvalue weighted by atomic mass is 32.2. The molecule has 2 aliphatic heterocycles. The predicted octanol–water partition coefficient (Wildman–Crippen LogP) is 3.19. The van der Waals surface area contributed by atoms with Crippen molar-refractivity contribution in [2.75, 3.05) is 12.3 Å². The molecule has 0 fully saturated rings. The fraction of sp³-hybridized carbons (Fsp3) is 0.105. The number of hydrogen-bond donors (Lipinski definition) is 0. The number of nitrogens with zero attached hydrogens (tertiary/aromatic N) is 2. The van der Waals surface area contributed by atoms with E-state index in [1.807, 2.05) is 60.7 Å². The topological polar surface area (TPSA) is 59.0 Å². The monoisotopic (exact) mass is 352 g/mol. The summed E-state index contributed by atoms with van der Waals surface area (Å²) in [7, 11) is -3.43. The molecule has 0 aromatic heterocycles. The van der Waals surface area contributed by atoms with Gasteiger partial charge in [-0.25, -0.2) is 8.42 Å². The molecule has 0 saturated heterocycles. The van der Waals surface area contributed by atoms with E-state index >= 15 is 0 Å². The summed E-state index contributed by atoms with van der Waals surface area (Å²) in [5.41, 5.74) is 2.22. The molecule has 5 nitrogen and oxygen atoms in total. The number of amidine groups is 1. The molecular formula is C19H16N2O3S. The Hall–Kier alpha value is -2.86. The van der Waals surface area contributed by atoms with Crippen LogP contribution in [0.1, 0.15) is 0 Å². The van der Waals surface area contributed by atoms with E-state index in [4.69, 9.17) is 4.74 Å². The quantitative estimate of drug-likeness (QED) is 0.851. The normalized spacial score (nSPS) is 18.2. The molecule has 2 aromatic rings. The molecule has 0 bridgehead atoms. The van der Waals surface area contributed by atoms with E-state index in [-0.39, 0.29) is 5.75 Å². The number of ether oxygens (including phenoxy) is 1. The van der Waals surface area contributed by atoms with Crippen molar-refractivity contribution in [2.24, 2.45) is 4.40 Å². The van der Waals surface area contributed by atoms with Gasteiger partial charge in [-0.2, -0.15) is 0 Å². The van der Waals surface area contributed by atoms with Gasteiger partial charge in [-0.3, -0.25) is 0 Å². The number of rotatable bonds is 3.